The summed E-state index contributed by atoms with van der Waals surface area (Å²) in [6.45, 7) is 4.35. The molecule has 7 heteroatoms. The van der Waals surface area contributed by atoms with Gasteiger partial charge < -0.3 is 14.2 Å². The minimum Gasteiger partial charge on any atom is -0.490 e. The van der Waals surface area contributed by atoms with Gasteiger partial charge in [-0.3, -0.25) is 0 Å². The Bertz CT molecular complexity index is 892. The van der Waals surface area contributed by atoms with Crippen LogP contribution in [0.5, 0.6) is 11.5 Å². The summed E-state index contributed by atoms with van der Waals surface area (Å²) in [5.74, 6) is 0.740. The van der Waals surface area contributed by atoms with E-state index in [4.69, 9.17) is 19.2 Å². The van der Waals surface area contributed by atoms with E-state index < -0.39 is 5.97 Å². The summed E-state index contributed by atoms with van der Waals surface area (Å²) in [5.41, 5.74) is 1.94. The van der Waals surface area contributed by atoms with Crippen LogP contribution in [0.4, 0.5) is 0 Å². The second-order valence-electron chi connectivity index (χ2n) is 5.30. The Kier molecular flexibility index (Phi) is 6.31. The minimum atomic E-state index is -0.402. The fourth-order valence-electron chi connectivity index (χ4n) is 2.42. The van der Waals surface area contributed by atoms with Crippen LogP contribution in [0.15, 0.2) is 36.4 Å². The van der Waals surface area contributed by atoms with E-state index in [1.807, 2.05) is 37.3 Å². The molecule has 0 fully saturated rings. The van der Waals surface area contributed by atoms with Crippen molar-refractivity contribution in [3.63, 3.8) is 0 Å². The predicted molar refractivity (Wildman–Crippen MR) is 111 cm³/mol. The zero-order valence-electron chi connectivity index (χ0n) is 14.5. The quantitative estimate of drug-likeness (QED) is 0.353. The van der Waals surface area contributed by atoms with Crippen molar-refractivity contribution in [1.29, 1.82) is 0 Å². The number of esters is 1. The third-order valence-electron chi connectivity index (χ3n) is 3.49. The normalized spacial score (nSPS) is 10.7. The molecule has 0 radical (unpaired) electrons. The van der Waals surface area contributed by atoms with Gasteiger partial charge >= 0.3 is 5.97 Å². The van der Waals surface area contributed by atoms with Gasteiger partial charge in [-0.1, -0.05) is 12.1 Å². The fourth-order valence-corrected chi connectivity index (χ4v) is 4.13. The van der Waals surface area contributed by atoms with E-state index in [0.717, 1.165) is 24.4 Å². The molecule has 0 bridgehead atoms. The first-order valence-corrected chi connectivity index (χ1v) is 10.1. The van der Waals surface area contributed by atoms with Crippen molar-refractivity contribution < 1.29 is 19.0 Å². The van der Waals surface area contributed by atoms with E-state index in [0.29, 0.717) is 24.7 Å². The Hall–Kier alpha value is -1.87. The molecule has 0 spiro atoms. The highest BCUT2D eigenvalue weighted by Crippen LogP contribution is 2.39. The van der Waals surface area contributed by atoms with Gasteiger partial charge in [0.05, 0.1) is 27.0 Å². The Labute approximate surface area is 169 Å². The molecule has 0 unspecified atom stereocenters. The number of rotatable bonds is 7. The second-order valence-corrected chi connectivity index (χ2v) is 7.49. The average molecular weight is 483 g/mol. The lowest BCUT2D eigenvalue weighted by Gasteiger charge is -2.14. The lowest BCUT2D eigenvalue weighted by Crippen LogP contribution is -2.15. The first-order chi connectivity index (χ1) is 12.6. The maximum atomic E-state index is 11.6. The minimum absolute atomic E-state index is 0.148. The predicted octanol–water partition coefficient (Wildman–Crippen LogP) is 4.91. The zero-order valence-corrected chi connectivity index (χ0v) is 17.4. The van der Waals surface area contributed by atoms with Crippen molar-refractivity contribution in [2.45, 2.75) is 13.8 Å². The van der Waals surface area contributed by atoms with Crippen LogP contribution < -0.4 is 9.47 Å². The van der Waals surface area contributed by atoms with Crippen LogP contribution in [0.3, 0.4) is 0 Å². The highest BCUT2D eigenvalue weighted by Gasteiger charge is 2.17. The van der Waals surface area contributed by atoms with Crippen molar-refractivity contribution in [2.75, 3.05) is 19.8 Å². The highest BCUT2D eigenvalue weighted by molar-refractivity contribution is 14.1. The molecule has 0 N–H and O–H groups in total. The molecule has 5 nitrogen and oxygen atoms in total. The van der Waals surface area contributed by atoms with Gasteiger partial charge in [-0.25, -0.2) is 9.78 Å². The van der Waals surface area contributed by atoms with Gasteiger partial charge in [-0.15, -0.1) is 11.3 Å². The summed E-state index contributed by atoms with van der Waals surface area (Å²) in [6, 6.07) is 11.9. The summed E-state index contributed by atoms with van der Waals surface area (Å²) >= 11 is 3.82. The molecule has 0 saturated carbocycles. The Balaban J connectivity index is 1.94. The Morgan fingerprint density at radius 2 is 1.96 bits per heavy atom. The SMILES string of the molecule is CCOC(=O)COc1c(I)cc(-c2nc3ccccc3s2)cc1OCC. The number of ether oxygens (including phenoxy) is 3. The van der Waals surface area contributed by atoms with E-state index in [2.05, 4.69) is 28.7 Å². The maximum absolute atomic E-state index is 11.6. The molecule has 1 aromatic heterocycles. The molecule has 0 amide bonds. The molecule has 3 aromatic rings. The number of hydrogen-bond donors (Lipinski definition) is 0. The lowest BCUT2D eigenvalue weighted by atomic mass is 10.2. The van der Waals surface area contributed by atoms with Crippen LogP contribution in [0, 0.1) is 3.57 Å². The van der Waals surface area contributed by atoms with E-state index in [-0.39, 0.29) is 6.61 Å². The molecule has 2 aromatic carbocycles. The fraction of sp³-hybridized carbons (Fsp3) is 0.263. The molecular weight excluding hydrogens is 465 g/mol. The Morgan fingerprint density at radius 3 is 2.69 bits per heavy atom. The van der Waals surface area contributed by atoms with Crippen molar-refractivity contribution >= 4 is 50.1 Å². The van der Waals surface area contributed by atoms with Gasteiger partial charge in [-0.2, -0.15) is 0 Å². The number of para-hydroxylation sites is 1. The van der Waals surface area contributed by atoms with Crippen molar-refractivity contribution in [3.8, 4) is 22.1 Å². The molecule has 136 valence electrons. The van der Waals surface area contributed by atoms with E-state index in [1.54, 1.807) is 18.3 Å². The van der Waals surface area contributed by atoms with Crippen molar-refractivity contribution in [2.24, 2.45) is 0 Å². The van der Waals surface area contributed by atoms with E-state index in [1.165, 1.54) is 0 Å². The number of benzene rings is 2. The lowest BCUT2D eigenvalue weighted by molar-refractivity contribution is -0.145. The molecule has 3 rings (SSSR count). The molecule has 0 aliphatic carbocycles. The summed E-state index contributed by atoms with van der Waals surface area (Å²) < 4.78 is 18.3. The largest absolute Gasteiger partial charge is 0.490 e. The highest BCUT2D eigenvalue weighted by atomic mass is 127. The molecule has 1 heterocycles. The monoisotopic (exact) mass is 483 g/mol. The van der Waals surface area contributed by atoms with Crippen LogP contribution in [0.1, 0.15) is 13.8 Å². The zero-order chi connectivity index (χ0) is 18.5. The molecule has 26 heavy (non-hydrogen) atoms. The van der Waals surface area contributed by atoms with Crippen LogP contribution in [0.25, 0.3) is 20.8 Å². The second kappa shape index (κ2) is 8.68. The van der Waals surface area contributed by atoms with Gasteiger partial charge in [0.15, 0.2) is 18.1 Å². The number of nitrogens with zero attached hydrogens (tertiary/aromatic N) is 1. The smallest absolute Gasteiger partial charge is 0.344 e. The number of hydrogen-bond acceptors (Lipinski definition) is 6. The summed E-state index contributed by atoms with van der Waals surface area (Å²) in [7, 11) is 0. The number of carbonyl (C=O) groups is 1. The van der Waals surface area contributed by atoms with E-state index in [9.17, 15) is 4.79 Å². The van der Waals surface area contributed by atoms with Gasteiger partial charge in [0.1, 0.15) is 5.01 Å². The van der Waals surface area contributed by atoms with Crippen LogP contribution in [-0.4, -0.2) is 30.8 Å². The average Bonchev–Trinajstić information content (AvgIpc) is 3.05. The van der Waals surface area contributed by atoms with Crippen molar-refractivity contribution in [1.82, 2.24) is 4.98 Å². The van der Waals surface area contributed by atoms with Gasteiger partial charge in [-0.05, 0) is 60.7 Å². The third kappa shape index (κ3) is 4.27. The van der Waals surface area contributed by atoms with Crippen LogP contribution in [-0.2, 0) is 9.53 Å². The summed E-state index contributed by atoms with van der Waals surface area (Å²) in [4.78, 5) is 16.3. The molecular formula is C19H18INO4S. The van der Waals surface area contributed by atoms with Gasteiger partial charge in [0.2, 0.25) is 0 Å². The third-order valence-corrected chi connectivity index (χ3v) is 5.38. The maximum Gasteiger partial charge on any atom is 0.344 e. The van der Waals surface area contributed by atoms with Crippen LogP contribution >= 0.6 is 33.9 Å². The van der Waals surface area contributed by atoms with E-state index >= 15 is 0 Å². The molecule has 0 aliphatic heterocycles. The number of fused-ring (bicyclic) bond motifs is 1. The van der Waals surface area contributed by atoms with Gasteiger partial charge in [0, 0.05) is 5.56 Å². The van der Waals surface area contributed by atoms with Crippen molar-refractivity contribution in [3.05, 3.63) is 40.0 Å². The summed E-state index contributed by atoms with van der Waals surface area (Å²) in [6.07, 6.45) is 0. The summed E-state index contributed by atoms with van der Waals surface area (Å²) in [5, 5.41) is 0.919. The Morgan fingerprint density at radius 1 is 1.15 bits per heavy atom. The number of thiazole rings is 1. The molecule has 0 aliphatic rings. The van der Waals surface area contributed by atoms with Gasteiger partial charge in [0.25, 0.3) is 0 Å². The first-order valence-electron chi connectivity index (χ1n) is 8.23. The topological polar surface area (TPSA) is 57.7 Å². The number of aromatic nitrogens is 1. The number of carbonyl (C=O) groups excluding carboxylic acids is 1. The standard InChI is InChI=1S/C19H18INO4S/c1-3-23-15-10-12(19-21-14-7-5-6-8-16(14)26-19)9-13(20)18(15)25-11-17(22)24-4-2/h5-10H,3-4,11H2,1-2H3. The number of halogens is 1. The van der Waals surface area contributed by atoms with Crippen LogP contribution in [0.2, 0.25) is 0 Å². The molecule has 0 atom stereocenters. The molecule has 0 saturated heterocycles. The first kappa shape index (κ1) is 18.9.